The zero-order valence-electron chi connectivity index (χ0n) is 7.39. The molecule has 11 heavy (non-hydrogen) atoms. The molecular weight excluding hydrogens is 195 g/mol. The Labute approximate surface area is 71.4 Å². The molecule has 0 amide bonds. The minimum absolute atomic E-state index is 1.26. The summed E-state index contributed by atoms with van der Waals surface area (Å²) in [6.45, 7) is 0. The summed E-state index contributed by atoms with van der Waals surface area (Å²) in [4.78, 5) is 0. The fraction of sp³-hybridized carbons (Fsp3) is 0.333. The molecule has 0 saturated heterocycles. The molecule has 2 heteroatoms. The molecule has 1 aromatic carbocycles. The van der Waals surface area contributed by atoms with Crippen LogP contribution in [0, 0.1) is 0 Å². The van der Waals surface area contributed by atoms with E-state index in [0.717, 1.165) is 0 Å². The van der Waals surface area contributed by atoms with Gasteiger partial charge in [0.15, 0.2) is 0 Å². The fourth-order valence-electron chi connectivity index (χ4n) is 0.954. The normalized spacial score (nSPS) is 11.2. The maximum absolute atomic E-state index is 3.57. The summed E-state index contributed by atoms with van der Waals surface area (Å²) < 4.78 is 3.57. The van der Waals surface area contributed by atoms with Gasteiger partial charge in [0.25, 0.3) is 0 Å². The van der Waals surface area contributed by atoms with Crippen molar-refractivity contribution < 1.29 is 0 Å². The first-order valence-electron chi connectivity index (χ1n) is 3.91. The van der Waals surface area contributed by atoms with Crippen LogP contribution in [0.4, 0.5) is 5.69 Å². The van der Waals surface area contributed by atoms with Crippen molar-refractivity contribution in [3.63, 3.8) is 0 Å². The van der Waals surface area contributed by atoms with Gasteiger partial charge in [-0.1, -0.05) is 0 Å². The van der Waals surface area contributed by atoms with Crippen molar-refractivity contribution in [2.75, 3.05) is 4.27 Å². The van der Waals surface area contributed by atoms with Crippen molar-refractivity contribution in [2.24, 2.45) is 0 Å². The van der Waals surface area contributed by atoms with Gasteiger partial charge in [0.1, 0.15) is 0 Å². The first-order chi connectivity index (χ1) is 5.08. The third-order valence-corrected chi connectivity index (χ3v) is 3.47. The van der Waals surface area contributed by atoms with Crippen LogP contribution in [0.2, 0.25) is 17.3 Å². The molecule has 1 N–H and O–H groups in total. The van der Waals surface area contributed by atoms with Crippen molar-refractivity contribution in [3.05, 3.63) is 30.3 Å². The van der Waals surface area contributed by atoms with E-state index >= 15 is 0 Å². The molecule has 0 bridgehead atoms. The Morgan fingerprint density at radius 2 is 1.55 bits per heavy atom. The molecule has 0 aliphatic heterocycles. The average Bonchev–Trinajstić information content (AvgIpc) is 1.85. The van der Waals surface area contributed by atoms with Crippen molar-refractivity contribution >= 4 is 19.2 Å². The van der Waals surface area contributed by atoms with Crippen LogP contribution in [0.25, 0.3) is 0 Å². The Kier molecular flexibility index (Phi) is 2.60. The summed E-state index contributed by atoms with van der Waals surface area (Å²) in [5.41, 5.74) is 1.26. The third-order valence-electron chi connectivity index (χ3n) is 1.29. The average molecular weight is 210 g/mol. The van der Waals surface area contributed by atoms with Crippen LogP contribution in [0.3, 0.4) is 0 Å². The van der Waals surface area contributed by atoms with Gasteiger partial charge in [0.05, 0.1) is 0 Å². The molecule has 0 unspecified atom stereocenters. The van der Waals surface area contributed by atoms with E-state index < -0.39 is 13.5 Å². The Balaban J connectivity index is 2.66. The second-order valence-corrected chi connectivity index (χ2v) is 13.7. The van der Waals surface area contributed by atoms with Crippen molar-refractivity contribution in [1.29, 1.82) is 0 Å². The summed E-state index contributed by atoms with van der Waals surface area (Å²) in [5.74, 6) is 7.02. The number of nitrogens with one attached hydrogen (secondary N) is 1. The van der Waals surface area contributed by atoms with Gasteiger partial charge in [-0.3, -0.25) is 0 Å². The van der Waals surface area contributed by atoms with Crippen LogP contribution in [-0.2, 0) is 0 Å². The van der Waals surface area contributed by atoms with Gasteiger partial charge in [0.2, 0.25) is 0 Å². The molecular formula is C9H15GeN. The molecule has 0 aliphatic rings. The van der Waals surface area contributed by atoms with E-state index in [-0.39, 0.29) is 0 Å². The summed E-state index contributed by atoms with van der Waals surface area (Å²) >= 11 is -1.60. The van der Waals surface area contributed by atoms with Crippen LogP contribution < -0.4 is 4.27 Å². The van der Waals surface area contributed by atoms with Gasteiger partial charge >= 0.3 is 71.1 Å². The topological polar surface area (TPSA) is 12.0 Å². The van der Waals surface area contributed by atoms with E-state index in [0.29, 0.717) is 0 Å². The number of rotatable bonds is 2. The molecule has 0 heterocycles. The van der Waals surface area contributed by atoms with Gasteiger partial charge < -0.3 is 0 Å². The van der Waals surface area contributed by atoms with E-state index in [1.807, 2.05) is 6.07 Å². The molecule has 1 aromatic rings. The van der Waals surface area contributed by atoms with E-state index in [1.165, 1.54) is 5.69 Å². The van der Waals surface area contributed by atoms with Crippen LogP contribution in [0.1, 0.15) is 0 Å². The number of hydrogen-bond donors (Lipinski definition) is 1. The van der Waals surface area contributed by atoms with Crippen LogP contribution in [0.5, 0.6) is 0 Å². The van der Waals surface area contributed by atoms with Crippen molar-refractivity contribution in [2.45, 2.75) is 17.3 Å². The molecule has 0 aliphatic carbocycles. The van der Waals surface area contributed by atoms with Crippen molar-refractivity contribution in [1.82, 2.24) is 0 Å². The standard InChI is InChI=1S/C9H15GeN/c1-10(2,3)11-9-7-5-4-6-8-9/h4-8,11H,1-3H3. The monoisotopic (exact) mass is 211 g/mol. The molecule has 0 fully saturated rings. The quantitative estimate of drug-likeness (QED) is 0.739. The number of para-hydroxylation sites is 1. The molecule has 0 spiro atoms. The van der Waals surface area contributed by atoms with Gasteiger partial charge in [-0.25, -0.2) is 0 Å². The Bertz CT molecular complexity index is 213. The zero-order chi connectivity index (χ0) is 8.32. The van der Waals surface area contributed by atoms with Gasteiger partial charge in [-0.05, 0) is 0 Å². The minimum atomic E-state index is -1.60. The first-order valence-corrected chi connectivity index (χ1v) is 11.3. The molecule has 1 rings (SSSR count). The van der Waals surface area contributed by atoms with Gasteiger partial charge in [0, 0.05) is 0 Å². The van der Waals surface area contributed by atoms with E-state index in [2.05, 4.69) is 45.8 Å². The Morgan fingerprint density at radius 3 is 2.00 bits per heavy atom. The summed E-state index contributed by atoms with van der Waals surface area (Å²) in [7, 11) is 0. The molecule has 0 atom stereocenters. The fourth-order valence-corrected chi connectivity index (χ4v) is 3.12. The van der Waals surface area contributed by atoms with Gasteiger partial charge in [-0.2, -0.15) is 0 Å². The van der Waals surface area contributed by atoms with Gasteiger partial charge in [-0.15, -0.1) is 0 Å². The first kappa shape index (κ1) is 8.66. The SMILES string of the molecule is [CH3][Ge]([CH3])([CH3])[NH]c1ccccc1. The van der Waals surface area contributed by atoms with Crippen LogP contribution in [0.15, 0.2) is 30.3 Å². The second kappa shape index (κ2) is 3.31. The summed E-state index contributed by atoms with van der Waals surface area (Å²) in [5, 5.41) is 0. The van der Waals surface area contributed by atoms with Crippen LogP contribution >= 0.6 is 0 Å². The maximum atomic E-state index is 3.57. The molecule has 60 valence electrons. The number of anilines is 1. The Hall–Kier alpha value is -0.437. The molecule has 0 radical (unpaired) electrons. The van der Waals surface area contributed by atoms with E-state index in [9.17, 15) is 0 Å². The zero-order valence-corrected chi connectivity index (χ0v) is 9.48. The number of hydrogen-bond acceptors (Lipinski definition) is 1. The van der Waals surface area contributed by atoms with Crippen molar-refractivity contribution in [3.8, 4) is 0 Å². The van der Waals surface area contributed by atoms with Crippen LogP contribution in [-0.4, -0.2) is 13.5 Å². The van der Waals surface area contributed by atoms with E-state index in [4.69, 9.17) is 0 Å². The molecule has 0 saturated carbocycles. The van der Waals surface area contributed by atoms with E-state index in [1.54, 1.807) is 0 Å². The second-order valence-electron chi connectivity index (χ2n) is 3.74. The number of benzene rings is 1. The predicted octanol–water partition coefficient (Wildman–Crippen LogP) is 2.93. The third kappa shape index (κ3) is 3.47. The predicted molar refractivity (Wildman–Crippen MR) is 53.4 cm³/mol. The Morgan fingerprint density at radius 1 is 1.00 bits per heavy atom. The molecule has 0 aromatic heterocycles. The summed E-state index contributed by atoms with van der Waals surface area (Å²) in [6.07, 6.45) is 0. The molecule has 1 nitrogen and oxygen atoms in total. The summed E-state index contributed by atoms with van der Waals surface area (Å²) in [6, 6.07) is 10.4.